The molecule has 0 N–H and O–H groups in total. The van der Waals surface area contributed by atoms with Crippen LogP contribution in [-0.4, -0.2) is 11.5 Å². The number of halogens is 1. The molecule has 2 heteroatoms. The van der Waals surface area contributed by atoms with E-state index in [9.17, 15) is 9.18 Å². The van der Waals surface area contributed by atoms with Gasteiger partial charge in [-0.2, -0.15) is 0 Å². The predicted octanol–water partition coefficient (Wildman–Crippen LogP) is 2.83. The first kappa shape index (κ1) is 11.1. The number of hydrogen-bond donors (Lipinski definition) is 0. The van der Waals surface area contributed by atoms with Crippen LogP contribution in [0.4, 0.5) is 4.39 Å². The van der Waals surface area contributed by atoms with E-state index in [4.69, 9.17) is 0 Å². The monoisotopic (exact) mass is 170 g/mol. The average molecular weight is 170 g/mol. The molecule has 68 valence electrons. The van der Waals surface area contributed by atoms with Gasteiger partial charge in [0.1, 0.15) is 5.67 Å². The van der Waals surface area contributed by atoms with Crippen LogP contribution < -0.4 is 0 Å². The van der Waals surface area contributed by atoms with Crippen LogP contribution >= 0.6 is 0 Å². The Labute approximate surface area is 73.0 Å². The number of alkyl halides is 1. The zero-order valence-corrected chi connectivity index (χ0v) is 7.80. The zero-order valence-electron chi connectivity index (χ0n) is 7.80. The minimum absolute atomic E-state index is 0.164. The summed E-state index contributed by atoms with van der Waals surface area (Å²) in [7, 11) is 0. The predicted molar refractivity (Wildman–Crippen MR) is 48.8 cm³/mol. The van der Waals surface area contributed by atoms with Crippen LogP contribution in [0, 0.1) is 0 Å². The molecule has 0 spiro atoms. The van der Waals surface area contributed by atoms with E-state index >= 15 is 0 Å². The summed E-state index contributed by atoms with van der Waals surface area (Å²) in [5.74, 6) is -0.164. The molecule has 0 bridgehead atoms. The average Bonchev–Trinajstić information content (AvgIpc) is 1.95. The van der Waals surface area contributed by atoms with Gasteiger partial charge in [-0.25, -0.2) is 4.39 Å². The summed E-state index contributed by atoms with van der Waals surface area (Å²) in [5, 5.41) is 0. The van der Waals surface area contributed by atoms with Crippen LogP contribution in [0.25, 0.3) is 0 Å². The minimum Gasteiger partial charge on any atom is -0.290 e. The van der Waals surface area contributed by atoms with Crippen LogP contribution in [-0.2, 0) is 4.79 Å². The number of hydrogen-bond acceptors (Lipinski definition) is 1. The minimum atomic E-state index is -1.41. The summed E-state index contributed by atoms with van der Waals surface area (Å²) in [5.41, 5.74) is -1.41. The first-order valence-electron chi connectivity index (χ1n) is 4.04. The van der Waals surface area contributed by atoms with Crippen molar-refractivity contribution in [1.29, 1.82) is 0 Å². The summed E-state index contributed by atoms with van der Waals surface area (Å²) in [4.78, 5) is 10.9. The molecule has 0 aromatic heterocycles. The highest BCUT2D eigenvalue weighted by Crippen LogP contribution is 2.09. The summed E-state index contributed by atoms with van der Waals surface area (Å²) < 4.78 is 12.8. The van der Waals surface area contributed by atoms with Gasteiger partial charge in [-0.3, -0.25) is 4.79 Å². The summed E-state index contributed by atoms with van der Waals surface area (Å²) in [6.07, 6.45) is 6.53. The molecule has 0 saturated carbocycles. The van der Waals surface area contributed by atoms with Crippen molar-refractivity contribution in [3.63, 3.8) is 0 Å². The fourth-order valence-electron chi connectivity index (χ4n) is 0.570. The zero-order chi connectivity index (χ0) is 9.61. The largest absolute Gasteiger partial charge is 0.290 e. The van der Waals surface area contributed by atoms with Crippen LogP contribution in [0.2, 0.25) is 0 Å². The lowest BCUT2D eigenvalue weighted by Gasteiger charge is -2.04. The maximum atomic E-state index is 12.8. The third-order valence-corrected chi connectivity index (χ3v) is 1.16. The van der Waals surface area contributed by atoms with Gasteiger partial charge in [0.15, 0.2) is 5.78 Å². The van der Waals surface area contributed by atoms with Gasteiger partial charge >= 0.3 is 0 Å². The molecule has 0 fully saturated rings. The molecule has 0 atom stereocenters. The molecule has 0 saturated heterocycles. The Balaban J connectivity index is 4.01. The Hall–Kier alpha value is -0.920. The number of rotatable bonds is 4. The second kappa shape index (κ2) is 4.86. The summed E-state index contributed by atoms with van der Waals surface area (Å²) >= 11 is 0. The van der Waals surface area contributed by atoms with Crippen molar-refractivity contribution >= 4 is 5.78 Å². The van der Waals surface area contributed by atoms with Crippen LogP contribution in [0.5, 0.6) is 0 Å². The second-order valence-corrected chi connectivity index (χ2v) is 3.11. The van der Waals surface area contributed by atoms with Gasteiger partial charge in [0.25, 0.3) is 0 Å². The fourth-order valence-corrected chi connectivity index (χ4v) is 0.570. The van der Waals surface area contributed by atoms with Crippen LogP contribution in [0.15, 0.2) is 24.3 Å². The highest BCUT2D eigenvalue weighted by atomic mass is 19.1. The van der Waals surface area contributed by atoms with E-state index in [-0.39, 0.29) is 5.78 Å². The van der Waals surface area contributed by atoms with Crippen molar-refractivity contribution in [3.8, 4) is 0 Å². The van der Waals surface area contributed by atoms with Gasteiger partial charge in [0.2, 0.25) is 0 Å². The maximum absolute atomic E-state index is 12.8. The molecule has 12 heavy (non-hydrogen) atoms. The lowest BCUT2D eigenvalue weighted by atomic mass is 10.1. The number of allylic oxidation sites excluding steroid dienone is 4. The van der Waals surface area contributed by atoms with E-state index in [0.29, 0.717) is 0 Å². The molecular weight excluding hydrogens is 155 g/mol. The molecule has 1 nitrogen and oxygen atoms in total. The Bertz CT molecular complexity index is 196. The van der Waals surface area contributed by atoms with Crippen molar-refractivity contribution in [2.24, 2.45) is 0 Å². The number of carbonyl (C=O) groups is 1. The molecule has 0 unspecified atom stereocenters. The van der Waals surface area contributed by atoms with Gasteiger partial charge in [-0.1, -0.05) is 13.0 Å². The fraction of sp³-hybridized carbons (Fsp3) is 0.500. The van der Waals surface area contributed by atoms with Gasteiger partial charge in [-0.15, -0.1) is 0 Å². The summed E-state index contributed by atoms with van der Waals surface area (Å²) in [6, 6.07) is 0. The van der Waals surface area contributed by atoms with E-state index in [1.165, 1.54) is 32.1 Å². The second-order valence-electron chi connectivity index (χ2n) is 3.11. The molecule has 0 aliphatic heterocycles. The van der Waals surface area contributed by atoms with E-state index < -0.39 is 5.67 Å². The lowest BCUT2D eigenvalue weighted by molar-refractivity contribution is -0.110. The van der Waals surface area contributed by atoms with Crippen molar-refractivity contribution in [2.75, 3.05) is 0 Å². The van der Waals surface area contributed by atoms with Gasteiger partial charge in [0.05, 0.1) is 0 Å². The SMILES string of the molecule is CC/C=C/C(=O)/C=C/C(C)(C)F. The van der Waals surface area contributed by atoms with Gasteiger partial charge < -0.3 is 0 Å². The highest BCUT2D eigenvalue weighted by molar-refractivity contribution is 5.99. The highest BCUT2D eigenvalue weighted by Gasteiger charge is 2.09. The topological polar surface area (TPSA) is 17.1 Å². The molecule has 0 amide bonds. The van der Waals surface area contributed by atoms with Crippen molar-refractivity contribution < 1.29 is 9.18 Å². The Morgan fingerprint density at radius 1 is 1.42 bits per heavy atom. The molecule has 0 radical (unpaired) electrons. The van der Waals surface area contributed by atoms with E-state index in [0.717, 1.165) is 6.42 Å². The van der Waals surface area contributed by atoms with E-state index in [1.807, 2.05) is 6.92 Å². The van der Waals surface area contributed by atoms with E-state index in [1.54, 1.807) is 6.08 Å². The molecular formula is C10H15FO. The first-order chi connectivity index (χ1) is 5.45. The maximum Gasteiger partial charge on any atom is 0.178 e. The molecule has 0 aliphatic rings. The van der Waals surface area contributed by atoms with Crippen molar-refractivity contribution in [3.05, 3.63) is 24.3 Å². The van der Waals surface area contributed by atoms with Crippen molar-refractivity contribution in [1.82, 2.24) is 0 Å². The number of carbonyl (C=O) groups excluding carboxylic acids is 1. The standard InChI is InChI=1S/C10H15FO/c1-4-5-6-9(12)7-8-10(2,3)11/h5-8H,4H2,1-3H3/b6-5+,8-7+. The van der Waals surface area contributed by atoms with Crippen LogP contribution in [0.1, 0.15) is 27.2 Å². The summed E-state index contributed by atoms with van der Waals surface area (Å²) in [6.45, 7) is 4.74. The number of ketones is 1. The first-order valence-corrected chi connectivity index (χ1v) is 4.04. The normalized spacial score (nSPS) is 13.0. The molecule has 0 aromatic carbocycles. The third kappa shape index (κ3) is 7.19. The van der Waals surface area contributed by atoms with Crippen LogP contribution in [0.3, 0.4) is 0 Å². The molecule has 0 rings (SSSR count). The molecule has 0 aromatic rings. The van der Waals surface area contributed by atoms with E-state index in [2.05, 4.69) is 0 Å². The Kier molecular flexibility index (Phi) is 4.49. The molecule has 0 aliphatic carbocycles. The molecule has 0 heterocycles. The quantitative estimate of drug-likeness (QED) is 0.593. The third-order valence-electron chi connectivity index (χ3n) is 1.16. The lowest BCUT2D eigenvalue weighted by Crippen LogP contribution is -2.06. The van der Waals surface area contributed by atoms with Gasteiger partial charge in [0, 0.05) is 0 Å². The Morgan fingerprint density at radius 2 is 2.00 bits per heavy atom. The van der Waals surface area contributed by atoms with Gasteiger partial charge in [-0.05, 0) is 38.5 Å². The van der Waals surface area contributed by atoms with Crippen molar-refractivity contribution in [2.45, 2.75) is 32.9 Å². The Morgan fingerprint density at radius 3 is 2.42 bits per heavy atom. The smallest absolute Gasteiger partial charge is 0.178 e.